The molecule has 16 heteroatoms. The summed E-state index contributed by atoms with van der Waals surface area (Å²) in [5, 5.41) is 32.1. The van der Waals surface area contributed by atoms with Crippen molar-refractivity contribution in [3.8, 4) is 5.75 Å². The number of thiophene rings is 2. The van der Waals surface area contributed by atoms with Crippen molar-refractivity contribution in [2.45, 2.75) is 32.6 Å². The van der Waals surface area contributed by atoms with Crippen molar-refractivity contribution in [2.75, 3.05) is 34.5 Å². The molecule has 1 radical (unpaired) electrons. The van der Waals surface area contributed by atoms with E-state index in [0.717, 1.165) is 39.8 Å². The molecule has 6 aromatic rings. The molecule has 2 aromatic heterocycles. The smallest absolute Gasteiger partial charge is 0.536 e. The van der Waals surface area contributed by atoms with Crippen LogP contribution in [0.3, 0.4) is 0 Å². The fraction of sp³-hybridized carbons (Fsp3) is 0.286. The van der Waals surface area contributed by atoms with Crippen LogP contribution in [0.15, 0.2) is 81.7 Å². The molecule has 1 aliphatic heterocycles. The summed E-state index contributed by atoms with van der Waals surface area (Å²) in [6, 6.07) is 23.6. The number of rotatable bonds is 7. The van der Waals surface area contributed by atoms with Gasteiger partial charge in [-0.2, -0.15) is 6.42 Å². The first-order valence-corrected chi connectivity index (χ1v) is 19.1. The second-order valence-electron chi connectivity index (χ2n) is 10.6. The first-order valence-electron chi connectivity index (χ1n) is 15.9. The molecule has 0 unspecified atom stereocenters. The molecule has 0 aliphatic carbocycles. The molecule has 0 atom stereocenters. The van der Waals surface area contributed by atoms with Gasteiger partial charge in [-0.05, 0) is 68.4 Å². The minimum absolute atomic E-state index is 0. The maximum atomic E-state index is 9.40. The van der Waals surface area contributed by atoms with E-state index >= 15 is 0 Å². The molecule has 8 nitrogen and oxygen atoms in total. The average Bonchev–Trinajstić information content (AvgIpc) is 3.92. The molecule has 265 valence electrons. The summed E-state index contributed by atoms with van der Waals surface area (Å²) in [5.74, 6) is 0.541. The van der Waals surface area contributed by atoms with Crippen molar-refractivity contribution in [1.29, 1.82) is 0 Å². The maximum Gasteiger partial charge on any atom is 1.00 e. The zero-order valence-corrected chi connectivity index (χ0v) is 34.4. The normalized spacial score (nSPS) is 11.6. The van der Waals surface area contributed by atoms with Crippen LogP contribution in [0.2, 0.25) is 0 Å². The third-order valence-corrected chi connectivity index (χ3v) is 11.6. The van der Waals surface area contributed by atoms with Crippen LogP contribution < -0.4 is 29.0 Å². The van der Waals surface area contributed by atoms with E-state index < -0.39 is 14.4 Å². The minimum atomic E-state index is -1.51. The van der Waals surface area contributed by atoms with Crippen LogP contribution in [-0.2, 0) is 18.7 Å². The van der Waals surface area contributed by atoms with Gasteiger partial charge in [-0.1, -0.05) is 67.9 Å². The molecule has 1 fully saturated rings. The van der Waals surface area contributed by atoms with Crippen LogP contribution >= 0.6 is 54.5 Å². The first kappa shape index (κ1) is 45.7. The minimum Gasteiger partial charge on any atom is -0.536 e. The number of fused-ring (bicyclic) bond motifs is 6. The van der Waals surface area contributed by atoms with Crippen molar-refractivity contribution in [1.82, 2.24) is 0 Å². The summed E-state index contributed by atoms with van der Waals surface area (Å²) in [6.07, 6.45) is 4.83. The van der Waals surface area contributed by atoms with Gasteiger partial charge in [0.05, 0.1) is 4.70 Å². The van der Waals surface area contributed by atoms with Crippen molar-refractivity contribution in [3.63, 3.8) is 0 Å². The van der Waals surface area contributed by atoms with Gasteiger partial charge in [-0.25, -0.2) is 0 Å². The summed E-state index contributed by atoms with van der Waals surface area (Å²) >= 11 is 10.4. The maximum absolute atomic E-state index is 9.40. The summed E-state index contributed by atoms with van der Waals surface area (Å²) < 4.78 is 30.5. The van der Waals surface area contributed by atoms with Gasteiger partial charge in [-0.15, -0.1) is 22.7 Å². The van der Waals surface area contributed by atoms with E-state index in [-0.39, 0.29) is 18.9 Å². The molecule has 0 amide bonds. The molecule has 1 saturated heterocycles. The third kappa shape index (κ3) is 13.1. The summed E-state index contributed by atoms with van der Waals surface area (Å²) in [7, 11) is 3.15. The van der Waals surface area contributed by atoms with Crippen LogP contribution in [-0.4, -0.2) is 71.7 Å². The standard InChI is InChI=1S/C12H9B2O4S.C12H6Br2S.C4H8O.C4H9.C3H9BO3.Li/c15-13-18-10-6-2-4-8-7-3-1-5-9(14(16)17)11(7)19-12(8)10;13-9-5-1-3-7-8-4-2-6-10(14)12(8)15-11(7)9;1-2-4-5-3-1;1-3-4-2;1-5-4(6-2)7-3;/h1-6,15-17H;1-6H;1-4H2;1,3-4H2,2H3;1-3H3;/q;;;-1;;+1. The Hall–Kier alpha value is -1.41. The predicted molar refractivity (Wildman–Crippen MR) is 220 cm³/mol. The summed E-state index contributed by atoms with van der Waals surface area (Å²) in [5.41, 5.74) is 0.470. The van der Waals surface area contributed by atoms with Gasteiger partial charge in [0.15, 0.2) is 0 Å². The molecule has 7 rings (SSSR count). The van der Waals surface area contributed by atoms with Gasteiger partial charge >= 0.3 is 41.0 Å². The summed E-state index contributed by atoms with van der Waals surface area (Å²) in [4.78, 5) is 0. The fourth-order valence-corrected chi connectivity index (χ4v) is 8.34. The SMILES string of the molecule is Brc1cccc2c1sc1c(Br)cccc12.C1CCOC1.COB(OC)OC.O[B]Oc1cccc2c1sc1c(B(O)O)cccc12.[CH2-]CCC.[Li+]. The summed E-state index contributed by atoms with van der Waals surface area (Å²) in [6.45, 7) is 7.72. The van der Waals surface area contributed by atoms with E-state index in [0.29, 0.717) is 18.9 Å². The van der Waals surface area contributed by atoms with E-state index in [1.165, 1.54) is 81.0 Å². The first-order chi connectivity index (χ1) is 24.3. The molecule has 4 aromatic carbocycles. The van der Waals surface area contributed by atoms with Crippen molar-refractivity contribution >= 4 is 122 Å². The molecule has 3 N–H and O–H groups in total. The predicted octanol–water partition coefficient (Wildman–Crippen LogP) is 5.55. The monoisotopic (exact) mass is 851 g/mol. The number of ether oxygens (including phenoxy) is 1. The zero-order valence-electron chi connectivity index (χ0n) is 29.6. The largest absolute Gasteiger partial charge is 1.00 e. The van der Waals surface area contributed by atoms with Gasteiger partial charge in [0, 0.05) is 79.1 Å². The number of hydrogen-bond donors (Lipinski definition) is 3. The van der Waals surface area contributed by atoms with Crippen molar-refractivity contribution < 1.29 is 57.3 Å². The van der Waals surface area contributed by atoms with Crippen LogP contribution in [0.25, 0.3) is 40.3 Å². The Morgan fingerprint density at radius 1 is 0.745 bits per heavy atom. The Morgan fingerprint density at radius 3 is 1.57 bits per heavy atom. The van der Waals surface area contributed by atoms with Crippen LogP contribution in [0.1, 0.15) is 32.6 Å². The van der Waals surface area contributed by atoms with Crippen molar-refractivity contribution in [2.24, 2.45) is 0 Å². The molecule has 1 aliphatic rings. The average molecular weight is 853 g/mol. The molecule has 51 heavy (non-hydrogen) atoms. The van der Waals surface area contributed by atoms with Crippen LogP contribution in [0, 0.1) is 6.92 Å². The second-order valence-corrected chi connectivity index (χ2v) is 14.3. The number of hydrogen-bond acceptors (Lipinski definition) is 10. The number of unbranched alkanes of at least 4 members (excludes halogenated alkanes) is 1. The molecule has 0 saturated carbocycles. The Kier molecular flexibility index (Phi) is 22.3. The van der Waals surface area contributed by atoms with E-state index in [1.807, 2.05) is 29.5 Å². The van der Waals surface area contributed by atoms with Gasteiger partial charge in [0.2, 0.25) is 0 Å². The Bertz CT molecular complexity index is 1820. The Labute approximate surface area is 338 Å². The zero-order chi connectivity index (χ0) is 36.5. The van der Waals surface area contributed by atoms with Crippen LogP contribution in [0.5, 0.6) is 5.75 Å². The molecule has 3 heterocycles. The van der Waals surface area contributed by atoms with Crippen LogP contribution in [0.4, 0.5) is 0 Å². The molecular formula is C35H41B3Br2LiO8S2. The topological polar surface area (TPSA) is 107 Å². The molecule has 0 bridgehead atoms. The Balaban J connectivity index is 0.000000249. The number of halogens is 2. The van der Waals surface area contributed by atoms with Gasteiger partial charge in [0.25, 0.3) is 0 Å². The molecular weight excluding hydrogens is 812 g/mol. The Morgan fingerprint density at radius 2 is 1.18 bits per heavy atom. The van der Waals surface area contributed by atoms with E-state index in [2.05, 4.69) is 96.1 Å². The van der Waals surface area contributed by atoms with E-state index in [4.69, 9.17) is 14.4 Å². The van der Waals surface area contributed by atoms with Crippen molar-refractivity contribution in [3.05, 3.63) is 88.7 Å². The number of benzene rings is 4. The van der Waals surface area contributed by atoms with E-state index in [1.54, 1.807) is 18.2 Å². The molecule has 0 spiro atoms. The fourth-order valence-electron chi connectivity index (χ4n) is 4.72. The quantitative estimate of drug-likeness (QED) is 0.142. The van der Waals surface area contributed by atoms with Gasteiger partial charge in [-0.3, -0.25) is 0 Å². The second kappa shape index (κ2) is 24.8. The van der Waals surface area contributed by atoms with Gasteiger partial charge < -0.3 is 45.4 Å². The van der Waals surface area contributed by atoms with E-state index in [9.17, 15) is 10.0 Å². The van der Waals surface area contributed by atoms with Gasteiger partial charge in [0.1, 0.15) is 5.75 Å². The third-order valence-electron chi connectivity index (χ3n) is 7.16.